The summed E-state index contributed by atoms with van der Waals surface area (Å²) in [6.45, 7) is 12.6. The SMILES string of the molecule is Cc1c(-c2ccccc2)nc(C(C)C)c(C=CCO[P+](=O)CC(CC(=O)O)O[Si](c2ccccc2)(c2ccccc2)C(C)(C)C)c1-c1ccc(F)cc1. The van der Waals surface area contributed by atoms with E-state index < -0.39 is 28.4 Å². The van der Waals surface area contributed by atoms with E-state index in [0.717, 1.165) is 49.6 Å². The minimum atomic E-state index is -3.11. The molecule has 0 saturated carbocycles. The Balaban J connectivity index is 1.44. The highest BCUT2D eigenvalue weighted by molar-refractivity contribution is 7.39. The van der Waals surface area contributed by atoms with Gasteiger partial charge in [0, 0.05) is 11.1 Å². The van der Waals surface area contributed by atoms with Crippen LogP contribution in [0.15, 0.2) is 121 Å². The summed E-state index contributed by atoms with van der Waals surface area (Å²) in [5.41, 5.74) is 6.34. The van der Waals surface area contributed by atoms with E-state index in [4.69, 9.17) is 13.9 Å². The van der Waals surface area contributed by atoms with E-state index >= 15 is 0 Å². The predicted molar refractivity (Wildman–Crippen MR) is 216 cm³/mol. The number of nitrogens with zero attached hydrogens (tertiary/aromatic N) is 1. The molecule has 6 nitrogen and oxygen atoms in total. The number of halogens is 1. The van der Waals surface area contributed by atoms with Crippen molar-refractivity contribution < 1.29 is 27.8 Å². The molecule has 274 valence electrons. The van der Waals surface area contributed by atoms with Crippen molar-refractivity contribution in [2.75, 3.05) is 12.8 Å². The van der Waals surface area contributed by atoms with Crippen LogP contribution in [0, 0.1) is 12.7 Å². The van der Waals surface area contributed by atoms with Gasteiger partial charge in [0.15, 0.2) is 0 Å². The fraction of sp³-hybridized carbons (Fsp3) is 0.273. The second kappa shape index (κ2) is 17.5. The van der Waals surface area contributed by atoms with Crippen LogP contribution in [0.2, 0.25) is 5.04 Å². The van der Waals surface area contributed by atoms with Crippen molar-refractivity contribution in [1.82, 2.24) is 4.98 Å². The molecule has 4 aromatic carbocycles. The number of aliphatic carboxylic acids is 1. The molecular weight excluding hydrogens is 701 g/mol. The number of hydrogen-bond donors (Lipinski definition) is 1. The highest BCUT2D eigenvalue weighted by atomic mass is 31.1. The molecular formula is C44H48FNO5PSi+. The van der Waals surface area contributed by atoms with E-state index in [2.05, 4.69) is 34.6 Å². The highest BCUT2D eigenvalue weighted by Crippen LogP contribution is 2.40. The third kappa shape index (κ3) is 9.32. The van der Waals surface area contributed by atoms with Crippen LogP contribution >= 0.6 is 8.03 Å². The lowest BCUT2D eigenvalue weighted by atomic mass is 9.88. The van der Waals surface area contributed by atoms with Crippen molar-refractivity contribution >= 4 is 38.8 Å². The molecule has 2 unspecified atom stereocenters. The van der Waals surface area contributed by atoms with Gasteiger partial charge < -0.3 is 9.53 Å². The third-order valence-corrected chi connectivity index (χ3v) is 15.6. The Morgan fingerprint density at radius 2 is 1.42 bits per heavy atom. The first-order valence-corrected chi connectivity index (χ1v) is 21.2. The van der Waals surface area contributed by atoms with Gasteiger partial charge in [-0.15, -0.1) is 4.52 Å². The Kier molecular flexibility index (Phi) is 13.1. The lowest BCUT2D eigenvalue weighted by Gasteiger charge is -2.44. The van der Waals surface area contributed by atoms with Gasteiger partial charge >= 0.3 is 14.0 Å². The summed E-state index contributed by atoms with van der Waals surface area (Å²) in [6.07, 6.45) is 2.48. The minimum absolute atomic E-state index is 0.0219. The van der Waals surface area contributed by atoms with Crippen LogP contribution in [-0.4, -0.2) is 43.2 Å². The third-order valence-electron chi connectivity index (χ3n) is 9.35. The van der Waals surface area contributed by atoms with Crippen LogP contribution in [0.4, 0.5) is 4.39 Å². The topological polar surface area (TPSA) is 85.7 Å². The summed E-state index contributed by atoms with van der Waals surface area (Å²) in [5.74, 6) is -1.29. The Hall–Kier alpha value is -4.59. The molecule has 0 amide bonds. The van der Waals surface area contributed by atoms with E-state index in [-0.39, 0.29) is 36.0 Å². The molecule has 2 atom stereocenters. The predicted octanol–water partition coefficient (Wildman–Crippen LogP) is 10.2. The molecule has 1 N–H and O–H groups in total. The number of aromatic nitrogens is 1. The van der Waals surface area contributed by atoms with Crippen LogP contribution in [0.25, 0.3) is 28.5 Å². The number of carbonyl (C=O) groups is 1. The first kappa shape index (κ1) is 39.6. The summed E-state index contributed by atoms with van der Waals surface area (Å²) in [6, 6.07) is 36.4. The molecule has 0 saturated heterocycles. The van der Waals surface area contributed by atoms with E-state index in [9.17, 15) is 18.9 Å². The number of carboxylic acids is 1. The van der Waals surface area contributed by atoms with E-state index in [1.807, 2.05) is 104 Å². The van der Waals surface area contributed by atoms with Gasteiger partial charge in [-0.25, -0.2) is 4.39 Å². The van der Waals surface area contributed by atoms with Crippen LogP contribution in [0.3, 0.4) is 0 Å². The van der Waals surface area contributed by atoms with Crippen molar-refractivity contribution in [3.05, 3.63) is 144 Å². The first-order chi connectivity index (χ1) is 25.3. The van der Waals surface area contributed by atoms with Gasteiger partial charge in [-0.1, -0.05) is 150 Å². The van der Waals surface area contributed by atoms with Gasteiger partial charge in [-0.3, -0.25) is 9.78 Å². The van der Waals surface area contributed by atoms with E-state index in [0.29, 0.717) is 0 Å². The minimum Gasteiger partial charge on any atom is -0.481 e. The average molecular weight is 749 g/mol. The molecule has 0 aliphatic carbocycles. The normalized spacial score (nSPS) is 13.0. The van der Waals surface area contributed by atoms with Crippen molar-refractivity contribution in [2.24, 2.45) is 0 Å². The lowest BCUT2D eigenvalue weighted by Crippen LogP contribution is -2.68. The van der Waals surface area contributed by atoms with Crippen LogP contribution in [0.1, 0.15) is 63.8 Å². The van der Waals surface area contributed by atoms with Crippen molar-refractivity contribution in [2.45, 2.75) is 65.0 Å². The number of benzene rings is 4. The summed E-state index contributed by atoms with van der Waals surface area (Å²) in [4.78, 5) is 17.3. The Morgan fingerprint density at radius 1 is 0.868 bits per heavy atom. The molecule has 5 rings (SSSR count). The number of carboxylic acid groups (broad SMARTS) is 1. The number of hydrogen-bond acceptors (Lipinski definition) is 5. The highest BCUT2D eigenvalue weighted by Gasteiger charge is 2.52. The summed E-state index contributed by atoms with van der Waals surface area (Å²) in [7, 11) is -5.41. The molecule has 0 aliphatic heterocycles. The van der Waals surface area contributed by atoms with Crippen molar-refractivity contribution in [3.63, 3.8) is 0 Å². The number of rotatable bonds is 15. The maximum Gasteiger partial charge on any atom is 0.511 e. The molecule has 0 spiro atoms. The van der Waals surface area contributed by atoms with E-state index in [1.165, 1.54) is 12.1 Å². The second-order valence-corrected chi connectivity index (χ2v) is 20.0. The number of pyridine rings is 1. The summed E-state index contributed by atoms with van der Waals surface area (Å²) < 4.78 is 40.6. The molecule has 0 aliphatic rings. The van der Waals surface area contributed by atoms with Gasteiger partial charge in [0.25, 0.3) is 8.32 Å². The zero-order chi connectivity index (χ0) is 38.2. The standard InChI is InChI=1S/C44H47FNO5PSi/c1-31(2)42-39(41(33-24-26-35(45)27-25-33)32(3)43(46-42)34-17-10-7-11-18-34)23-16-28-50-52(49)30-36(29-40(47)48)51-53(44(4,5)6,37-19-12-8-13-20-37)38-21-14-9-15-22-38/h7-27,31,36H,28-30H2,1-6H3/p+1. The fourth-order valence-corrected chi connectivity index (χ4v) is 12.7. The Bertz CT molecular complexity index is 1990. The first-order valence-electron chi connectivity index (χ1n) is 17.9. The molecule has 0 radical (unpaired) electrons. The molecule has 0 bridgehead atoms. The average Bonchev–Trinajstić information content (AvgIpc) is 3.13. The van der Waals surface area contributed by atoms with E-state index in [1.54, 1.807) is 18.2 Å². The lowest BCUT2D eigenvalue weighted by molar-refractivity contribution is -0.138. The molecule has 53 heavy (non-hydrogen) atoms. The molecule has 0 fully saturated rings. The van der Waals surface area contributed by atoms with Gasteiger partial charge in [0.2, 0.25) is 6.16 Å². The maximum atomic E-state index is 14.1. The van der Waals surface area contributed by atoms with Crippen LogP contribution in [0.5, 0.6) is 0 Å². The molecule has 1 aromatic heterocycles. The molecule has 5 aromatic rings. The fourth-order valence-electron chi connectivity index (χ4n) is 6.98. The smallest absolute Gasteiger partial charge is 0.481 e. The second-order valence-electron chi connectivity index (χ2n) is 14.5. The zero-order valence-electron chi connectivity index (χ0n) is 31.3. The molecule has 1 heterocycles. The van der Waals surface area contributed by atoms with Crippen molar-refractivity contribution in [3.8, 4) is 22.4 Å². The largest absolute Gasteiger partial charge is 0.511 e. The summed E-state index contributed by atoms with van der Waals surface area (Å²) in [5, 5.41) is 11.6. The maximum absolute atomic E-state index is 14.1. The molecule has 9 heteroatoms. The van der Waals surface area contributed by atoms with Gasteiger partial charge in [0.05, 0.1) is 17.8 Å². The van der Waals surface area contributed by atoms with Crippen LogP contribution in [-0.2, 0) is 18.3 Å². The van der Waals surface area contributed by atoms with Gasteiger partial charge in [0.1, 0.15) is 18.5 Å². The van der Waals surface area contributed by atoms with Crippen molar-refractivity contribution in [1.29, 1.82) is 0 Å². The van der Waals surface area contributed by atoms with Gasteiger partial charge in [-0.05, 0) is 61.6 Å². The Labute approximate surface area is 314 Å². The quantitative estimate of drug-likeness (QED) is 0.0848. The monoisotopic (exact) mass is 748 g/mol. The zero-order valence-corrected chi connectivity index (χ0v) is 33.1. The summed E-state index contributed by atoms with van der Waals surface area (Å²) >= 11 is 0. The Morgan fingerprint density at radius 3 is 1.92 bits per heavy atom. The van der Waals surface area contributed by atoms with Gasteiger partial charge in [-0.2, -0.15) is 0 Å². The van der Waals surface area contributed by atoms with Crippen LogP contribution < -0.4 is 10.4 Å².